The minimum Gasteiger partial charge on any atom is -0.310 e. The Morgan fingerprint density at radius 3 is 1.89 bits per heavy atom. The molecule has 0 aromatic heterocycles. The number of rotatable bonds is 4. The molecular formula is C37H29N. The fraction of sp³-hybridized carbons (Fsp3) is 0.0811. The summed E-state index contributed by atoms with van der Waals surface area (Å²) in [5, 5.41) is 2.55. The summed E-state index contributed by atoms with van der Waals surface area (Å²) in [6, 6.07) is 50.6. The lowest BCUT2D eigenvalue weighted by Crippen LogP contribution is -2.16. The van der Waals surface area contributed by atoms with Crippen LogP contribution in [-0.4, -0.2) is 0 Å². The van der Waals surface area contributed by atoms with E-state index in [9.17, 15) is 0 Å². The molecule has 1 aliphatic rings. The third-order valence-corrected chi connectivity index (χ3v) is 8.07. The Morgan fingerprint density at radius 2 is 1.05 bits per heavy atom. The molecule has 1 aliphatic carbocycles. The van der Waals surface area contributed by atoms with Crippen LogP contribution >= 0.6 is 0 Å². The van der Waals surface area contributed by atoms with E-state index in [2.05, 4.69) is 158 Å². The summed E-state index contributed by atoms with van der Waals surface area (Å²) in [5.74, 6) is 0. The van der Waals surface area contributed by atoms with Gasteiger partial charge in [0.05, 0.1) is 0 Å². The molecule has 0 amide bonds. The van der Waals surface area contributed by atoms with Crippen molar-refractivity contribution in [3.05, 3.63) is 151 Å². The van der Waals surface area contributed by atoms with Crippen molar-refractivity contribution in [2.75, 3.05) is 4.90 Å². The van der Waals surface area contributed by atoms with Gasteiger partial charge in [-0.3, -0.25) is 0 Å². The number of anilines is 3. The first-order valence-electron chi connectivity index (χ1n) is 13.3. The third-order valence-electron chi connectivity index (χ3n) is 8.07. The van der Waals surface area contributed by atoms with Crippen molar-refractivity contribution in [1.29, 1.82) is 0 Å². The Kier molecular flexibility index (Phi) is 5.19. The molecule has 0 radical (unpaired) electrons. The van der Waals surface area contributed by atoms with Crippen molar-refractivity contribution >= 4 is 27.8 Å². The lowest BCUT2D eigenvalue weighted by Gasteiger charge is -2.28. The maximum atomic E-state index is 2.39. The molecule has 0 N–H and O–H groups in total. The predicted molar refractivity (Wildman–Crippen MR) is 162 cm³/mol. The topological polar surface area (TPSA) is 3.24 Å². The summed E-state index contributed by atoms with van der Waals surface area (Å²) in [7, 11) is 0. The van der Waals surface area contributed by atoms with E-state index >= 15 is 0 Å². The van der Waals surface area contributed by atoms with E-state index in [1.165, 1.54) is 49.8 Å². The average Bonchev–Trinajstić information content (AvgIpc) is 3.20. The second-order valence-corrected chi connectivity index (χ2v) is 10.6. The highest BCUT2D eigenvalue weighted by Crippen LogP contribution is 2.50. The second-order valence-electron chi connectivity index (χ2n) is 10.6. The smallest absolute Gasteiger partial charge is 0.0465 e. The molecule has 38 heavy (non-hydrogen) atoms. The number of hydrogen-bond acceptors (Lipinski definition) is 1. The molecule has 1 heteroatoms. The molecule has 0 saturated carbocycles. The third kappa shape index (κ3) is 3.55. The Bertz CT molecular complexity index is 1770. The van der Waals surface area contributed by atoms with Crippen LogP contribution in [0.25, 0.3) is 33.0 Å². The van der Waals surface area contributed by atoms with Gasteiger partial charge in [-0.2, -0.15) is 0 Å². The maximum absolute atomic E-state index is 2.39. The van der Waals surface area contributed by atoms with Gasteiger partial charge in [-0.15, -0.1) is 0 Å². The van der Waals surface area contributed by atoms with Crippen LogP contribution in [0.2, 0.25) is 0 Å². The van der Waals surface area contributed by atoms with E-state index in [1.54, 1.807) is 0 Å². The highest BCUT2D eigenvalue weighted by atomic mass is 15.1. The van der Waals surface area contributed by atoms with Gasteiger partial charge in [0.25, 0.3) is 0 Å². The van der Waals surface area contributed by atoms with Crippen molar-refractivity contribution in [3.8, 4) is 22.3 Å². The van der Waals surface area contributed by atoms with Crippen LogP contribution in [0, 0.1) is 0 Å². The minimum atomic E-state index is -0.0392. The summed E-state index contributed by atoms with van der Waals surface area (Å²) < 4.78 is 0. The monoisotopic (exact) mass is 487 g/mol. The summed E-state index contributed by atoms with van der Waals surface area (Å²) in [4.78, 5) is 2.37. The summed E-state index contributed by atoms with van der Waals surface area (Å²) >= 11 is 0. The Labute approximate surface area is 224 Å². The fourth-order valence-corrected chi connectivity index (χ4v) is 6.12. The van der Waals surface area contributed by atoms with Gasteiger partial charge in [0.1, 0.15) is 0 Å². The Balaban J connectivity index is 1.34. The van der Waals surface area contributed by atoms with Crippen LogP contribution in [0.4, 0.5) is 17.1 Å². The number of nitrogens with zero attached hydrogens (tertiary/aromatic N) is 1. The van der Waals surface area contributed by atoms with Gasteiger partial charge in [-0.25, -0.2) is 0 Å². The van der Waals surface area contributed by atoms with Gasteiger partial charge in [0.2, 0.25) is 0 Å². The molecule has 6 aromatic carbocycles. The normalized spacial score (nSPS) is 13.2. The zero-order valence-electron chi connectivity index (χ0n) is 21.7. The molecule has 1 nitrogen and oxygen atoms in total. The maximum Gasteiger partial charge on any atom is 0.0465 e. The zero-order chi connectivity index (χ0) is 25.7. The highest BCUT2D eigenvalue weighted by molar-refractivity contribution is 5.97. The number of fused-ring (bicyclic) bond motifs is 4. The van der Waals surface area contributed by atoms with E-state index in [0.717, 1.165) is 11.4 Å². The van der Waals surface area contributed by atoms with Crippen molar-refractivity contribution in [1.82, 2.24) is 0 Å². The first-order chi connectivity index (χ1) is 18.6. The van der Waals surface area contributed by atoms with Crippen LogP contribution in [0.1, 0.15) is 25.0 Å². The molecule has 7 rings (SSSR count). The number of hydrogen-bond donors (Lipinski definition) is 0. The molecule has 0 aliphatic heterocycles. The van der Waals surface area contributed by atoms with E-state index in [0.29, 0.717) is 0 Å². The van der Waals surface area contributed by atoms with Gasteiger partial charge in [0, 0.05) is 22.5 Å². The van der Waals surface area contributed by atoms with Gasteiger partial charge in [-0.1, -0.05) is 117 Å². The minimum absolute atomic E-state index is 0.0392. The van der Waals surface area contributed by atoms with Crippen molar-refractivity contribution in [2.24, 2.45) is 0 Å². The van der Waals surface area contributed by atoms with E-state index in [-0.39, 0.29) is 5.41 Å². The average molecular weight is 488 g/mol. The van der Waals surface area contributed by atoms with E-state index < -0.39 is 0 Å². The number of para-hydroxylation sites is 1. The van der Waals surface area contributed by atoms with Crippen molar-refractivity contribution < 1.29 is 0 Å². The van der Waals surface area contributed by atoms with Crippen LogP contribution in [0.5, 0.6) is 0 Å². The predicted octanol–water partition coefficient (Wildman–Crippen LogP) is 10.3. The first-order valence-corrected chi connectivity index (χ1v) is 13.3. The fourth-order valence-electron chi connectivity index (χ4n) is 6.12. The first kappa shape index (κ1) is 22.6. The molecular weight excluding hydrogens is 458 g/mol. The quantitative estimate of drug-likeness (QED) is 0.239. The molecule has 0 fully saturated rings. The molecule has 0 atom stereocenters. The lowest BCUT2D eigenvalue weighted by atomic mass is 9.82. The molecule has 0 spiro atoms. The van der Waals surface area contributed by atoms with Crippen LogP contribution in [-0.2, 0) is 5.41 Å². The molecule has 6 aromatic rings. The van der Waals surface area contributed by atoms with Crippen LogP contribution < -0.4 is 4.90 Å². The Morgan fingerprint density at radius 1 is 0.447 bits per heavy atom. The van der Waals surface area contributed by atoms with Crippen LogP contribution in [0.3, 0.4) is 0 Å². The van der Waals surface area contributed by atoms with Gasteiger partial charge >= 0.3 is 0 Å². The van der Waals surface area contributed by atoms with Crippen molar-refractivity contribution in [3.63, 3.8) is 0 Å². The largest absolute Gasteiger partial charge is 0.310 e. The standard InChI is InChI=1S/C37H29N/c1-37(2)35-18-9-8-16-33(35)34-24-23-30(25-36(34)37)38(28-13-4-3-5-14-28)29-21-19-27(20-22-29)32-17-10-12-26-11-6-7-15-31(26)32/h3-25H,1-2H3. The second kappa shape index (κ2) is 8.75. The molecule has 0 heterocycles. The molecule has 0 bridgehead atoms. The number of benzene rings is 6. The summed E-state index contributed by atoms with van der Waals surface area (Å²) in [6.07, 6.45) is 0. The van der Waals surface area contributed by atoms with Crippen molar-refractivity contribution in [2.45, 2.75) is 19.3 Å². The van der Waals surface area contributed by atoms with E-state index in [1.807, 2.05) is 0 Å². The molecule has 0 unspecified atom stereocenters. The van der Waals surface area contributed by atoms with Gasteiger partial charge < -0.3 is 4.90 Å². The summed E-state index contributed by atoms with van der Waals surface area (Å²) in [5.41, 5.74) is 11.4. The lowest BCUT2D eigenvalue weighted by molar-refractivity contribution is 0.660. The van der Waals surface area contributed by atoms with Gasteiger partial charge in [-0.05, 0) is 80.6 Å². The molecule has 0 saturated heterocycles. The Hall–Kier alpha value is -4.62. The zero-order valence-corrected chi connectivity index (χ0v) is 21.7. The van der Waals surface area contributed by atoms with Gasteiger partial charge in [0.15, 0.2) is 0 Å². The molecule has 182 valence electrons. The summed E-state index contributed by atoms with van der Waals surface area (Å²) in [6.45, 7) is 4.68. The highest BCUT2D eigenvalue weighted by Gasteiger charge is 2.35. The SMILES string of the molecule is CC1(C)c2ccccc2-c2ccc(N(c3ccccc3)c3ccc(-c4cccc5ccccc45)cc3)cc21. The van der Waals surface area contributed by atoms with E-state index in [4.69, 9.17) is 0 Å². The van der Waals surface area contributed by atoms with Crippen LogP contribution in [0.15, 0.2) is 140 Å².